The average molecular weight is 471 g/mol. The predicted molar refractivity (Wildman–Crippen MR) is 132 cm³/mol. The topological polar surface area (TPSA) is 108 Å². The number of benzene rings is 3. The van der Waals surface area contributed by atoms with Crippen LogP contribution in [0.1, 0.15) is 27.0 Å². The van der Waals surface area contributed by atoms with Gasteiger partial charge in [-0.1, -0.05) is 6.07 Å². The summed E-state index contributed by atoms with van der Waals surface area (Å²) in [6.07, 6.45) is 0. The zero-order valence-corrected chi connectivity index (χ0v) is 19.9. The number of methoxy groups -OCH3 is 2. The molecule has 35 heavy (non-hydrogen) atoms. The van der Waals surface area contributed by atoms with Crippen molar-refractivity contribution in [2.75, 3.05) is 39.3 Å². The first-order valence-electron chi connectivity index (χ1n) is 10.9. The number of nitrogens with zero attached hydrogens (tertiary/aromatic N) is 3. The molecule has 0 unspecified atom stereocenters. The van der Waals surface area contributed by atoms with Gasteiger partial charge >= 0.3 is 0 Å². The van der Waals surface area contributed by atoms with Crippen LogP contribution in [0.2, 0.25) is 0 Å². The Balaban J connectivity index is 1.68. The van der Waals surface area contributed by atoms with Gasteiger partial charge in [-0.15, -0.1) is 0 Å². The zero-order valence-electron chi connectivity index (χ0n) is 19.9. The van der Waals surface area contributed by atoms with Gasteiger partial charge in [0.25, 0.3) is 5.91 Å². The average Bonchev–Trinajstić information content (AvgIpc) is 2.91. The van der Waals surface area contributed by atoms with Crippen LogP contribution < -0.4 is 24.4 Å². The van der Waals surface area contributed by atoms with Crippen LogP contribution in [-0.2, 0) is 6.54 Å². The number of amides is 1. The van der Waals surface area contributed by atoms with Crippen molar-refractivity contribution in [3.8, 4) is 29.4 Å². The molecule has 0 aliphatic carbocycles. The first-order chi connectivity index (χ1) is 17.0. The molecule has 0 heterocycles. The largest absolute Gasteiger partial charge is 0.493 e. The summed E-state index contributed by atoms with van der Waals surface area (Å²) in [4.78, 5) is 15.0. The lowest BCUT2D eigenvalue weighted by molar-refractivity contribution is 0.0951. The van der Waals surface area contributed by atoms with Gasteiger partial charge in [0.15, 0.2) is 11.5 Å². The smallest absolute Gasteiger partial charge is 0.253 e. The maximum atomic E-state index is 13.1. The Bertz CT molecular complexity index is 1260. The summed E-state index contributed by atoms with van der Waals surface area (Å²) in [6, 6.07) is 21.5. The van der Waals surface area contributed by atoms with Crippen molar-refractivity contribution in [2.45, 2.75) is 6.54 Å². The van der Waals surface area contributed by atoms with Crippen LogP contribution >= 0.6 is 0 Å². The highest BCUT2D eigenvalue weighted by Crippen LogP contribution is 2.27. The van der Waals surface area contributed by atoms with Gasteiger partial charge in [0.1, 0.15) is 12.4 Å². The Kier molecular flexibility index (Phi) is 8.53. The Labute approximate surface area is 204 Å². The highest BCUT2D eigenvalue weighted by Gasteiger charge is 2.16. The van der Waals surface area contributed by atoms with E-state index in [9.17, 15) is 10.1 Å². The Morgan fingerprint density at radius 1 is 0.914 bits per heavy atom. The van der Waals surface area contributed by atoms with Crippen LogP contribution in [0.5, 0.6) is 17.2 Å². The predicted octanol–water partition coefficient (Wildman–Crippen LogP) is 3.89. The molecule has 0 atom stereocenters. The van der Waals surface area contributed by atoms with E-state index in [0.717, 1.165) is 5.56 Å². The van der Waals surface area contributed by atoms with Crippen molar-refractivity contribution in [2.24, 2.45) is 0 Å². The molecular formula is C27H26N4O4. The van der Waals surface area contributed by atoms with Gasteiger partial charge in [-0.3, -0.25) is 4.79 Å². The van der Waals surface area contributed by atoms with E-state index < -0.39 is 0 Å². The van der Waals surface area contributed by atoms with E-state index in [4.69, 9.17) is 19.5 Å². The normalized spacial score (nSPS) is 9.97. The molecule has 0 radical (unpaired) electrons. The molecule has 1 N–H and O–H groups in total. The van der Waals surface area contributed by atoms with Crippen LogP contribution in [0, 0.1) is 22.7 Å². The summed E-state index contributed by atoms with van der Waals surface area (Å²) >= 11 is 0. The molecule has 3 aromatic carbocycles. The van der Waals surface area contributed by atoms with Gasteiger partial charge in [0.2, 0.25) is 0 Å². The molecule has 0 bridgehead atoms. The molecule has 0 saturated carbocycles. The number of carbonyl (C=O) groups is 1. The molecule has 0 aliphatic rings. The first-order valence-corrected chi connectivity index (χ1v) is 10.9. The Morgan fingerprint density at radius 2 is 1.60 bits per heavy atom. The molecule has 3 rings (SSSR count). The molecule has 0 aliphatic heterocycles. The Morgan fingerprint density at radius 3 is 2.26 bits per heavy atom. The lowest BCUT2D eigenvalue weighted by Gasteiger charge is -2.22. The van der Waals surface area contributed by atoms with E-state index in [1.807, 2.05) is 18.0 Å². The minimum absolute atomic E-state index is 0.279. The summed E-state index contributed by atoms with van der Waals surface area (Å²) in [5, 5.41) is 21.1. The summed E-state index contributed by atoms with van der Waals surface area (Å²) in [5.41, 5.74) is 2.88. The van der Waals surface area contributed by atoms with Gasteiger partial charge < -0.3 is 24.4 Å². The molecule has 0 aromatic heterocycles. The van der Waals surface area contributed by atoms with Crippen molar-refractivity contribution in [1.82, 2.24) is 5.32 Å². The first kappa shape index (κ1) is 24.9. The van der Waals surface area contributed by atoms with Crippen molar-refractivity contribution in [1.29, 1.82) is 10.5 Å². The monoisotopic (exact) mass is 470 g/mol. The second-order valence-electron chi connectivity index (χ2n) is 7.62. The fraction of sp³-hybridized carbons (Fsp3) is 0.222. The summed E-state index contributed by atoms with van der Waals surface area (Å²) in [7, 11) is 4.98. The molecule has 0 fully saturated rings. The van der Waals surface area contributed by atoms with Gasteiger partial charge in [-0.2, -0.15) is 10.5 Å². The van der Waals surface area contributed by atoms with Crippen LogP contribution in [0.4, 0.5) is 5.69 Å². The third kappa shape index (κ3) is 6.43. The summed E-state index contributed by atoms with van der Waals surface area (Å²) in [5.74, 6) is 1.54. The minimum atomic E-state index is -0.299. The third-order valence-electron chi connectivity index (χ3n) is 5.36. The zero-order chi connectivity index (χ0) is 25.2. The molecule has 8 nitrogen and oxygen atoms in total. The second kappa shape index (κ2) is 12.0. The highest BCUT2D eigenvalue weighted by molar-refractivity contribution is 6.00. The van der Waals surface area contributed by atoms with Crippen LogP contribution in [0.3, 0.4) is 0 Å². The molecule has 8 heteroatoms. The summed E-state index contributed by atoms with van der Waals surface area (Å²) in [6.45, 7) is 1.15. The van der Waals surface area contributed by atoms with E-state index in [2.05, 4.69) is 17.5 Å². The molecular weight excluding hydrogens is 444 g/mol. The molecule has 0 saturated heterocycles. The fourth-order valence-electron chi connectivity index (χ4n) is 3.44. The standard InChI is InChI=1S/C27H26N4O4/c1-31(12-13-35-22-8-4-19(16-28)5-9-22)24-10-6-20(17-29)14-23(24)27(32)30-18-21-7-11-25(33-2)26(15-21)34-3/h4-11,14-15H,12-13,18H2,1-3H3,(H,30,32). The van der Waals surface area contributed by atoms with Gasteiger partial charge in [0.05, 0.1) is 49.6 Å². The number of ether oxygens (including phenoxy) is 3. The van der Waals surface area contributed by atoms with E-state index in [0.29, 0.717) is 52.8 Å². The second-order valence-corrected chi connectivity index (χ2v) is 7.62. The van der Waals surface area contributed by atoms with Gasteiger partial charge in [-0.05, 0) is 60.2 Å². The number of nitrogens with one attached hydrogen (secondary N) is 1. The quantitative estimate of drug-likeness (QED) is 0.479. The van der Waals surface area contributed by atoms with E-state index in [1.165, 1.54) is 0 Å². The van der Waals surface area contributed by atoms with Crippen molar-refractivity contribution in [3.05, 3.63) is 82.9 Å². The number of carbonyl (C=O) groups excluding carboxylic acids is 1. The lowest BCUT2D eigenvalue weighted by atomic mass is 10.1. The number of hydrogen-bond acceptors (Lipinski definition) is 7. The van der Waals surface area contributed by atoms with Crippen molar-refractivity contribution in [3.63, 3.8) is 0 Å². The molecule has 1 amide bonds. The fourth-order valence-corrected chi connectivity index (χ4v) is 3.44. The number of nitriles is 2. The van der Waals surface area contributed by atoms with Crippen molar-refractivity contribution < 1.29 is 19.0 Å². The lowest BCUT2D eigenvalue weighted by Crippen LogP contribution is -2.29. The van der Waals surface area contributed by atoms with Crippen LogP contribution in [0.15, 0.2) is 60.7 Å². The summed E-state index contributed by atoms with van der Waals surface area (Å²) < 4.78 is 16.3. The molecule has 3 aromatic rings. The van der Waals surface area contributed by atoms with E-state index >= 15 is 0 Å². The van der Waals surface area contributed by atoms with Gasteiger partial charge in [-0.25, -0.2) is 0 Å². The van der Waals surface area contributed by atoms with Crippen molar-refractivity contribution >= 4 is 11.6 Å². The number of hydrogen-bond donors (Lipinski definition) is 1. The third-order valence-corrected chi connectivity index (χ3v) is 5.36. The van der Waals surface area contributed by atoms with Crippen LogP contribution in [0.25, 0.3) is 0 Å². The maximum absolute atomic E-state index is 13.1. The number of likely N-dealkylation sites (N-methyl/N-ethyl adjacent to an activating group) is 1. The highest BCUT2D eigenvalue weighted by atomic mass is 16.5. The maximum Gasteiger partial charge on any atom is 0.253 e. The molecule has 0 spiro atoms. The SMILES string of the molecule is COc1ccc(CNC(=O)c2cc(C#N)ccc2N(C)CCOc2ccc(C#N)cc2)cc1OC. The number of anilines is 1. The Hall–Kier alpha value is -4.69. The van der Waals surface area contributed by atoms with E-state index in [-0.39, 0.29) is 12.5 Å². The van der Waals surface area contributed by atoms with Gasteiger partial charge in [0, 0.05) is 19.3 Å². The van der Waals surface area contributed by atoms with Crippen LogP contribution in [-0.4, -0.2) is 40.3 Å². The van der Waals surface area contributed by atoms with E-state index in [1.54, 1.807) is 68.8 Å². The number of rotatable bonds is 10. The minimum Gasteiger partial charge on any atom is -0.493 e. The molecule has 178 valence electrons.